The fourth-order valence-corrected chi connectivity index (χ4v) is 7.42. The fourth-order valence-electron chi connectivity index (χ4n) is 4.36. The van der Waals surface area contributed by atoms with Crippen LogP contribution in [0.1, 0.15) is 39.3 Å². The van der Waals surface area contributed by atoms with Gasteiger partial charge in [0.25, 0.3) is 5.91 Å². The molecule has 34 heavy (non-hydrogen) atoms. The van der Waals surface area contributed by atoms with Gasteiger partial charge in [0.15, 0.2) is 5.13 Å². The van der Waals surface area contributed by atoms with E-state index in [0.717, 1.165) is 49.5 Å². The van der Waals surface area contributed by atoms with Gasteiger partial charge in [-0.05, 0) is 36.6 Å². The second kappa shape index (κ2) is 9.75. The van der Waals surface area contributed by atoms with Crippen LogP contribution in [-0.2, 0) is 29.5 Å². The molecule has 178 valence electrons. The second-order valence-electron chi connectivity index (χ2n) is 8.55. The van der Waals surface area contributed by atoms with E-state index >= 15 is 0 Å². The Kier molecular flexibility index (Phi) is 6.72. The van der Waals surface area contributed by atoms with E-state index in [0.29, 0.717) is 18.2 Å². The number of anilines is 1. The van der Waals surface area contributed by atoms with Gasteiger partial charge in [-0.15, -0.1) is 11.3 Å². The van der Waals surface area contributed by atoms with Crippen LogP contribution in [0.25, 0.3) is 0 Å². The summed E-state index contributed by atoms with van der Waals surface area (Å²) in [4.78, 5) is 21.0. The van der Waals surface area contributed by atoms with Crippen molar-refractivity contribution in [1.82, 2.24) is 14.2 Å². The Morgan fingerprint density at radius 2 is 1.85 bits per heavy atom. The Morgan fingerprint density at radius 3 is 2.62 bits per heavy atom. The van der Waals surface area contributed by atoms with Crippen LogP contribution < -0.4 is 5.32 Å². The quantitative estimate of drug-likeness (QED) is 0.525. The standard InChI is InChI=1S/C24H25ClN4O3S2/c25-19-9-8-18(14-22(19)34(31,32)29-11-4-5-12-29)23(30)27-24-26-20-10-13-28(16-21(20)33-24)15-17-6-2-1-3-7-17/h1-3,6-9,14H,4-5,10-13,15-16H2,(H,26,27,30). The molecule has 3 aromatic rings. The normalized spacial score (nSPS) is 17.0. The molecule has 0 bridgehead atoms. The van der Waals surface area contributed by atoms with E-state index in [1.807, 2.05) is 18.2 Å². The minimum Gasteiger partial charge on any atom is -0.298 e. The van der Waals surface area contributed by atoms with Gasteiger partial charge < -0.3 is 0 Å². The van der Waals surface area contributed by atoms with Crippen LogP contribution in [0, 0.1) is 0 Å². The third kappa shape index (κ3) is 4.89. The zero-order chi connectivity index (χ0) is 23.7. The highest BCUT2D eigenvalue weighted by Gasteiger charge is 2.30. The van der Waals surface area contributed by atoms with Crippen molar-refractivity contribution in [2.75, 3.05) is 25.0 Å². The molecule has 1 N–H and O–H groups in total. The molecular formula is C24H25ClN4O3S2. The first-order valence-electron chi connectivity index (χ1n) is 11.3. The first-order chi connectivity index (χ1) is 16.4. The van der Waals surface area contributed by atoms with Crippen molar-refractivity contribution in [3.05, 3.63) is 75.3 Å². The zero-order valence-corrected chi connectivity index (χ0v) is 20.9. The van der Waals surface area contributed by atoms with Crippen LogP contribution in [0.4, 0.5) is 5.13 Å². The lowest BCUT2D eigenvalue weighted by Crippen LogP contribution is -2.29. The lowest BCUT2D eigenvalue weighted by molar-refractivity contribution is 0.102. The lowest BCUT2D eigenvalue weighted by Gasteiger charge is -2.25. The molecule has 0 saturated carbocycles. The summed E-state index contributed by atoms with van der Waals surface area (Å²) in [6, 6.07) is 14.7. The van der Waals surface area contributed by atoms with Crippen LogP contribution in [0.5, 0.6) is 0 Å². The van der Waals surface area contributed by atoms with Crippen LogP contribution >= 0.6 is 22.9 Å². The van der Waals surface area contributed by atoms with Gasteiger partial charge in [0.05, 0.1) is 10.7 Å². The van der Waals surface area contributed by atoms with Crippen LogP contribution in [0.3, 0.4) is 0 Å². The van der Waals surface area contributed by atoms with Gasteiger partial charge in [0, 0.05) is 49.6 Å². The van der Waals surface area contributed by atoms with Crippen LogP contribution in [0.15, 0.2) is 53.4 Å². The van der Waals surface area contributed by atoms with Crippen LogP contribution in [-0.4, -0.2) is 48.1 Å². The maximum atomic E-state index is 13.0. The molecule has 0 unspecified atom stereocenters. The molecule has 2 aromatic carbocycles. The minimum atomic E-state index is -3.73. The molecule has 0 spiro atoms. The summed E-state index contributed by atoms with van der Waals surface area (Å²) in [5, 5.41) is 3.49. The van der Waals surface area contributed by atoms with Crippen molar-refractivity contribution < 1.29 is 13.2 Å². The molecule has 3 heterocycles. The Labute approximate surface area is 208 Å². The zero-order valence-electron chi connectivity index (χ0n) is 18.5. The van der Waals surface area contributed by atoms with Crippen molar-refractivity contribution in [3.63, 3.8) is 0 Å². The van der Waals surface area contributed by atoms with Crippen molar-refractivity contribution in [3.8, 4) is 0 Å². The summed E-state index contributed by atoms with van der Waals surface area (Å²) >= 11 is 7.68. The van der Waals surface area contributed by atoms with Gasteiger partial charge in [-0.1, -0.05) is 41.9 Å². The molecule has 5 rings (SSSR count). The van der Waals surface area contributed by atoms with Gasteiger partial charge in [0.2, 0.25) is 10.0 Å². The van der Waals surface area contributed by atoms with E-state index in [9.17, 15) is 13.2 Å². The van der Waals surface area contributed by atoms with E-state index in [-0.39, 0.29) is 15.5 Å². The van der Waals surface area contributed by atoms with E-state index in [2.05, 4.69) is 27.3 Å². The number of benzene rings is 2. The number of nitrogens with zero attached hydrogens (tertiary/aromatic N) is 3. The second-order valence-corrected chi connectivity index (χ2v) is 11.9. The number of amides is 1. The van der Waals surface area contributed by atoms with E-state index in [1.54, 1.807) is 0 Å². The number of carbonyl (C=O) groups is 1. The Hall–Kier alpha value is -2.30. The molecule has 2 aliphatic rings. The predicted molar refractivity (Wildman–Crippen MR) is 134 cm³/mol. The molecule has 1 amide bonds. The molecule has 1 saturated heterocycles. The van der Waals surface area contributed by atoms with Gasteiger partial charge in [0.1, 0.15) is 4.90 Å². The number of sulfonamides is 1. The van der Waals surface area contributed by atoms with Crippen molar-refractivity contribution in [1.29, 1.82) is 0 Å². The van der Waals surface area contributed by atoms with Gasteiger partial charge in [-0.3, -0.25) is 15.0 Å². The first kappa shape index (κ1) is 23.4. The number of aromatic nitrogens is 1. The van der Waals surface area contributed by atoms with E-state index in [1.165, 1.54) is 39.4 Å². The average molecular weight is 517 g/mol. The summed E-state index contributed by atoms with van der Waals surface area (Å²) in [5.41, 5.74) is 2.52. The van der Waals surface area contributed by atoms with E-state index in [4.69, 9.17) is 11.6 Å². The third-order valence-corrected chi connectivity index (χ3v) is 9.53. The molecule has 7 nitrogen and oxygen atoms in total. The molecule has 1 fully saturated rings. The first-order valence-corrected chi connectivity index (χ1v) is 13.9. The number of halogens is 1. The number of thiazole rings is 1. The Balaban J connectivity index is 1.29. The number of hydrogen-bond acceptors (Lipinski definition) is 6. The molecular weight excluding hydrogens is 492 g/mol. The third-order valence-electron chi connectivity index (χ3n) is 6.16. The Morgan fingerprint density at radius 1 is 1.09 bits per heavy atom. The maximum absolute atomic E-state index is 13.0. The molecule has 0 radical (unpaired) electrons. The highest BCUT2D eigenvalue weighted by molar-refractivity contribution is 7.89. The Bertz CT molecular complexity index is 1310. The van der Waals surface area contributed by atoms with Gasteiger partial charge >= 0.3 is 0 Å². The number of fused-ring (bicyclic) bond motifs is 1. The fraction of sp³-hybridized carbons (Fsp3) is 0.333. The number of nitrogens with one attached hydrogen (secondary N) is 1. The number of rotatable bonds is 6. The minimum absolute atomic E-state index is 0.0290. The topological polar surface area (TPSA) is 82.6 Å². The maximum Gasteiger partial charge on any atom is 0.257 e. The summed E-state index contributed by atoms with van der Waals surface area (Å²) in [7, 11) is -3.73. The summed E-state index contributed by atoms with van der Waals surface area (Å²) in [6.45, 7) is 3.52. The van der Waals surface area contributed by atoms with Crippen molar-refractivity contribution >= 4 is 44.0 Å². The van der Waals surface area contributed by atoms with Crippen molar-refractivity contribution in [2.45, 2.75) is 37.2 Å². The van der Waals surface area contributed by atoms with Crippen LogP contribution in [0.2, 0.25) is 5.02 Å². The van der Waals surface area contributed by atoms with Gasteiger partial charge in [-0.2, -0.15) is 4.31 Å². The van der Waals surface area contributed by atoms with Crippen molar-refractivity contribution in [2.24, 2.45) is 0 Å². The monoisotopic (exact) mass is 516 g/mol. The number of hydrogen-bond donors (Lipinski definition) is 1. The highest BCUT2D eigenvalue weighted by atomic mass is 35.5. The lowest BCUT2D eigenvalue weighted by atomic mass is 10.1. The molecule has 10 heteroatoms. The highest BCUT2D eigenvalue weighted by Crippen LogP contribution is 2.31. The molecule has 2 aliphatic heterocycles. The smallest absolute Gasteiger partial charge is 0.257 e. The summed E-state index contributed by atoms with van der Waals surface area (Å²) in [5.74, 6) is -0.401. The molecule has 0 atom stereocenters. The average Bonchev–Trinajstić information content (AvgIpc) is 3.50. The SMILES string of the molecule is O=C(Nc1nc2c(s1)CN(Cc1ccccc1)CC2)c1ccc(Cl)c(S(=O)(=O)N2CCCC2)c1. The summed E-state index contributed by atoms with van der Waals surface area (Å²) < 4.78 is 27.4. The van der Waals surface area contributed by atoms with E-state index < -0.39 is 15.9 Å². The summed E-state index contributed by atoms with van der Waals surface area (Å²) in [6.07, 6.45) is 2.48. The molecule has 1 aromatic heterocycles. The predicted octanol–water partition coefficient (Wildman–Crippen LogP) is 4.39. The molecule has 0 aliphatic carbocycles. The van der Waals surface area contributed by atoms with Gasteiger partial charge in [-0.25, -0.2) is 13.4 Å². The number of carbonyl (C=O) groups excluding carboxylic acids is 1. The largest absolute Gasteiger partial charge is 0.298 e.